The number of nitrogens with zero attached hydrogens (tertiary/aromatic N) is 2. The molecule has 0 bridgehead atoms. The van der Waals surface area contributed by atoms with Gasteiger partial charge in [-0.05, 0) is 12.8 Å². The number of piperidine rings is 1. The second-order valence-corrected chi connectivity index (χ2v) is 4.80. The summed E-state index contributed by atoms with van der Waals surface area (Å²) in [7, 11) is 0. The highest BCUT2D eigenvalue weighted by molar-refractivity contribution is 14.1. The Hall–Kier alpha value is 0.610. The molecule has 0 aliphatic carbocycles. The number of hydrogen-bond acceptors (Lipinski definition) is 3. The maximum absolute atomic E-state index is 5.38. The lowest BCUT2D eigenvalue weighted by molar-refractivity contribution is 0.00268. The summed E-state index contributed by atoms with van der Waals surface area (Å²) in [5, 5.41) is 0. The van der Waals surface area contributed by atoms with Gasteiger partial charge < -0.3 is 4.74 Å². The molecule has 0 spiro atoms. The van der Waals surface area contributed by atoms with Gasteiger partial charge in [-0.1, -0.05) is 22.6 Å². The Balaban J connectivity index is 1.76. The van der Waals surface area contributed by atoms with Crippen molar-refractivity contribution in [2.24, 2.45) is 0 Å². The molecule has 2 fully saturated rings. The van der Waals surface area contributed by atoms with Crippen LogP contribution in [0.25, 0.3) is 0 Å². The average molecular weight is 310 g/mol. The van der Waals surface area contributed by atoms with Gasteiger partial charge in [0.25, 0.3) is 0 Å². The molecule has 0 atom stereocenters. The first-order valence-electron chi connectivity index (χ1n) is 5.50. The number of halogens is 1. The largest absolute Gasteiger partial charge is 0.379 e. The molecule has 0 aromatic carbocycles. The van der Waals surface area contributed by atoms with Crippen LogP contribution in [0.3, 0.4) is 0 Å². The number of morpholine rings is 1. The smallest absolute Gasteiger partial charge is 0.0594 e. The van der Waals surface area contributed by atoms with E-state index < -0.39 is 0 Å². The van der Waals surface area contributed by atoms with Gasteiger partial charge in [0.05, 0.1) is 17.8 Å². The fourth-order valence-electron chi connectivity index (χ4n) is 2.35. The van der Waals surface area contributed by atoms with Gasteiger partial charge in [-0.25, -0.2) is 0 Å². The molecule has 0 saturated carbocycles. The number of ether oxygens (including phenoxy) is 1. The molecule has 2 aliphatic heterocycles. The van der Waals surface area contributed by atoms with E-state index in [0.717, 1.165) is 32.3 Å². The van der Waals surface area contributed by atoms with E-state index in [2.05, 4.69) is 32.4 Å². The van der Waals surface area contributed by atoms with Crippen molar-refractivity contribution in [2.75, 3.05) is 43.9 Å². The Morgan fingerprint density at radius 3 is 2.29 bits per heavy atom. The van der Waals surface area contributed by atoms with E-state index in [-0.39, 0.29) is 0 Å². The topological polar surface area (TPSA) is 15.7 Å². The highest BCUT2D eigenvalue weighted by atomic mass is 127. The fraction of sp³-hybridized carbons (Fsp3) is 1.00. The molecule has 3 nitrogen and oxygen atoms in total. The van der Waals surface area contributed by atoms with Crippen LogP contribution in [0.1, 0.15) is 12.8 Å². The first-order valence-corrected chi connectivity index (χ1v) is 7.03. The van der Waals surface area contributed by atoms with Crippen molar-refractivity contribution in [2.45, 2.75) is 18.9 Å². The third-order valence-electron chi connectivity index (χ3n) is 3.29. The lowest BCUT2D eigenvalue weighted by Gasteiger charge is -2.39. The molecule has 0 aromatic rings. The Kier molecular flexibility index (Phi) is 4.46. The van der Waals surface area contributed by atoms with Crippen molar-refractivity contribution in [1.29, 1.82) is 0 Å². The van der Waals surface area contributed by atoms with E-state index in [9.17, 15) is 0 Å². The van der Waals surface area contributed by atoms with E-state index in [1.165, 1.54) is 30.5 Å². The van der Waals surface area contributed by atoms with Gasteiger partial charge in [-0.3, -0.25) is 9.80 Å². The van der Waals surface area contributed by atoms with Crippen molar-refractivity contribution in [3.63, 3.8) is 0 Å². The van der Waals surface area contributed by atoms with Gasteiger partial charge in [-0.15, -0.1) is 0 Å². The van der Waals surface area contributed by atoms with Crippen molar-refractivity contribution < 1.29 is 4.74 Å². The Morgan fingerprint density at radius 1 is 1.07 bits per heavy atom. The third-order valence-corrected chi connectivity index (χ3v) is 4.25. The van der Waals surface area contributed by atoms with Gasteiger partial charge in [0, 0.05) is 32.2 Å². The molecule has 82 valence electrons. The zero-order valence-electron chi connectivity index (χ0n) is 8.62. The van der Waals surface area contributed by atoms with Gasteiger partial charge in [0.1, 0.15) is 0 Å². The molecule has 0 amide bonds. The fourth-order valence-corrected chi connectivity index (χ4v) is 3.03. The molecule has 0 unspecified atom stereocenters. The zero-order chi connectivity index (χ0) is 9.80. The van der Waals surface area contributed by atoms with Crippen LogP contribution in [0.15, 0.2) is 0 Å². The molecule has 0 aromatic heterocycles. The van der Waals surface area contributed by atoms with Crippen LogP contribution in [-0.4, -0.2) is 59.8 Å². The summed E-state index contributed by atoms with van der Waals surface area (Å²) in [6, 6.07) is 0.832. The summed E-state index contributed by atoms with van der Waals surface area (Å²) in [6.07, 6.45) is 2.70. The molecule has 0 radical (unpaired) electrons. The Bertz CT molecular complexity index is 166. The minimum Gasteiger partial charge on any atom is -0.379 e. The van der Waals surface area contributed by atoms with E-state index in [0.29, 0.717) is 0 Å². The van der Waals surface area contributed by atoms with Crippen LogP contribution in [0.4, 0.5) is 0 Å². The summed E-state index contributed by atoms with van der Waals surface area (Å²) in [5.41, 5.74) is 0. The normalized spacial score (nSPS) is 28.1. The molecule has 14 heavy (non-hydrogen) atoms. The summed E-state index contributed by atoms with van der Waals surface area (Å²) in [6.45, 7) is 6.73. The molecular formula is C10H19IN2O. The minimum atomic E-state index is 0.832. The predicted octanol–water partition coefficient (Wildman–Crippen LogP) is 1.18. The van der Waals surface area contributed by atoms with Crippen molar-refractivity contribution >= 4 is 22.6 Å². The molecule has 2 heterocycles. The van der Waals surface area contributed by atoms with Crippen LogP contribution in [0.5, 0.6) is 0 Å². The standard InChI is InChI=1S/C10H19IN2O/c11-9-12-3-1-10(2-4-12)13-5-7-14-8-6-13/h10H,1-9H2. The first kappa shape index (κ1) is 11.1. The van der Waals surface area contributed by atoms with E-state index >= 15 is 0 Å². The zero-order valence-corrected chi connectivity index (χ0v) is 10.8. The summed E-state index contributed by atoms with van der Waals surface area (Å²) in [4.78, 5) is 5.16. The van der Waals surface area contributed by atoms with Gasteiger partial charge in [-0.2, -0.15) is 0 Å². The third kappa shape index (κ3) is 2.81. The first-order chi connectivity index (χ1) is 6.90. The molecule has 2 rings (SSSR count). The summed E-state index contributed by atoms with van der Waals surface area (Å²) >= 11 is 2.46. The van der Waals surface area contributed by atoms with Crippen LogP contribution in [0, 0.1) is 0 Å². The van der Waals surface area contributed by atoms with Crippen LogP contribution >= 0.6 is 22.6 Å². The number of rotatable bonds is 2. The minimum absolute atomic E-state index is 0.832. The van der Waals surface area contributed by atoms with Crippen LogP contribution in [-0.2, 0) is 4.74 Å². The Labute approximate surface area is 99.9 Å². The van der Waals surface area contributed by atoms with Crippen molar-refractivity contribution in [3.8, 4) is 0 Å². The molecule has 2 saturated heterocycles. The Morgan fingerprint density at radius 2 is 1.71 bits per heavy atom. The van der Waals surface area contributed by atoms with Gasteiger partial charge >= 0.3 is 0 Å². The highest BCUT2D eigenvalue weighted by Gasteiger charge is 2.24. The van der Waals surface area contributed by atoms with Gasteiger partial charge in [0.15, 0.2) is 0 Å². The number of alkyl halides is 1. The van der Waals surface area contributed by atoms with Gasteiger partial charge in [0.2, 0.25) is 0 Å². The van der Waals surface area contributed by atoms with Crippen LogP contribution < -0.4 is 0 Å². The number of hydrogen-bond donors (Lipinski definition) is 0. The van der Waals surface area contributed by atoms with Crippen molar-refractivity contribution in [3.05, 3.63) is 0 Å². The number of likely N-dealkylation sites (tertiary alicyclic amines) is 1. The quantitative estimate of drug-likeness (QED) is 0.433. The predicted molar refractivity (Wildman–Crippen MR) is 65.9 cm³/mol. The molecule has 2 aliphatic rings. The summed E-state index contributed by atoms with van der Waals surface area (Å²) in [5.74, 6) is 0. The lowest BCUT2D eigenvalue weighted by atomic mass is 10.0. The van der Waals surface area contributed by atoms with Crippen molar-refractivity contribution in [1.82, 2.24) is 9.80 Å². The van der Waals surface area contributed by atoms with E-state index in [4.69, 9.17) is 4.74 Å². The molecule has 0 N–H and O–H groups in total. The average Bonchev–Trinajstić information content (AvgIpc) is 2.30. The monoisotopic (exact) mass is 310 g/mol. The van der Waals surface area contributed by atoms with Crippen LogP contribution in [0.2, 0.25) is 0 Å². The molecule has 4 heteroatoms. The second kappa shape index (κ2) is 5.63. The summed E-state index contributed by atoms with van der Waals surface area (Å²) < 4.78 is 6.57. The van der Waals surface area contributed by atoms with E-state index in [1.807, 2.05) is 0 Å². The molecular weight excluding hydrogens is 291 g/mol. The second-order valence-electron chi connectivity index (χ2n) is 4.12. The SMILES string of the molecule is ICN1CCC(N2CCOCC2)CC1. The lowest BCUT2D eigenvalue weighted by Crippen LogP contribution is -2.48. The van der Waals surface area contributed by atoms with E-state index in [1.54, 1.807) is 0 Å². The maximum Gasteiger partial charge on any atom is 0.0594 e. The maximum atomic E-state index is 5.38. The highest BCUT2D eigenvalue weighted by Crippen LogP contribution is 2.17.